The lowest BCUT2D eigenvalue weighted by molar-refractivity contribution is 0.625. The average Bonchev–Trinajstić information content (AvgIpc) is 2.84. The number of halogens is 2. The number of aromatic nitrogens is 1. The minimum atomic E-state index is -0.325. The summed E-state index contributed by atoms with van der Waals surface area (Å²) in [6, 6.07) is 12.7. The van der Waals surface area contributed by atoms with Crippen molar-refractivity contribution in [2.75, 3.05) is 5.43 Å². The van der Waals surface area contributed by atoms with Crippen LogP contribution in [0.4, 0.5) is 9.52 Å². The van der Waals surface area contributed by atoms with Gasteiger partial charge in [0.2, 0.25) is 5.13 Å². The monoisotopic (exact) mass is 349 g/mol. The molecule has 6 heteroatoms. The molecule has 0 saturated carbocycles. The average molecular weight is 350 g/mol. The maximum atomic E-state index is 13.6. The lowest BCUT2D eigenvalue weighted by Gasteiger charge is -1.97. The molecular formula is C14H9BrFN3S. The molecule has 0 amide bonds. The molecule has 0 spiro atoms. The molecule has 1 N–H and O–H groups in total. The van der Waals surface area contributed by atoms with Gasteiger partial charge in [-0.05, 0) is 30.3 Å². The summed E-state index contributed by atoms with van der Waals surface area (Å²) in [5.74, 6) is -0.325. The van der Waals surface area contributed by atoms with Crippen molar-refractivity contribution in [2.45, 2.75) is 0 Å². The van der Waals surface area contributed by atoms with Gasteiger partial charge in [0.25, 0.3) is 0 Å². The summed E-state index contributed by atoms with van der Waals surface area (Å²) in [6.45, 7) is 0. The Morgan fingerprint density at radius 3 is 2.90 bits per heavy atom. The van der Waals surface area contributed by atoms with Crippen LogP contribution in [0.25, 0.3) is 10.2 Å². The van der Waals surface area contributed by atoms with Gasteiger partial charge in [0, 0.05) is 10.0 Å². The Hall–Kier alpha value is -1.79. The molecule has 1 heterocycles. The predicted octanol–water partition coefficient (Wildman–Crippen LogP) is 4.64. The van der Waals surface area contributed by atoms with Crippen LogP contribution >= 0.6 is 27.3 Å². The summed E-state index contributed by atoms with van der Waals surface area (Å²) in [4.78, 5) is 4.37. The van der Waals surface area contributed by atoms with Crippen LogP contribution in [0.2, 0.25) is 0 Å². The van der Waals surface area contributed by atoms with Gasteiger partial charge in [0.1, 0.15) is 5.82 Å². The maximum absolute atomic E-state index is 13.6. The lowest BCUT2D eigenvalue weighted by Crippen LogP contribution is -1.92. The zero-order valence-corrected chi connectivity index (χ0v) is 12.6. The van der Waals surface area contributed by atoms with E-state index in [1.165, 1.54) is 23.6 Å². The number of para-hydroxylation sites is 1. The third kappa shape index (κ3) is 2.86. The number of fused-ring (bicyclic) bond motifs is 1. The fourth-order valence-electron chi connectivity index (χ4n) is 1.68. The Morgan fingerprint density at radius 2 is 2.10 bits per heavy atom. The maximum Gasteiger partial charge on any atom is 0.204 e. The quantitative estimate of drug-likeness (QED) is 0.552. The van der Waals surface area contributed by atoms with Crippen LogP contribution in [0.1, 0.15) is 5.56 Å². The zero-order chi connectivity index (χ0) is 13.9. The summed E-state index contributed by atoms with van der Waals surface area (Å²) in [5.41, 5.74) is 4.16. The molecule has 0 bridgehead atoms. The van der Waals surface area contributed by atoms with Crippen molar-refractivity contribution >= 4 is 48.8 Å². The number of benzene rings is 2. The number of rotatable bonds is 3. The number of hydrazone groups is 1. The molecule has 2 aromatic carbocycles. The Bertz CT molecular complexity index is 752. The molecule has 0 saturated heterocycles. The molecule has 3 nitrogen and oxygen atoms in total. The summed E-state index contributed by atoms with van der Waals surface area (Å²) >= 11 is 4.71. The highest BCUT2D eigenvalue weighted by Crippen LogP contribution is 2.25. The first kappa shape index (κ1) is 13.2. The topological polar surface area (TPSA) is 37.3 Å². The van der Waals surface area contributed by atoms with E-state index in [-0.39, 0.29) is 5.82 Å². The van der Waals surface area contributed by atoms with E-state index in [0.717, 1.165) is 10.2 Å². The number of hydrogen-bond donors (Lipinski definition) is 1. The Labute approximate surface area is 127 Å². The first-order valence-corrected chi connectivity index (χ1v) is 7.43. The third-order valence-corrected chi connectivity index (χ3v) is 4.05. The fraction of sp³-hybridized carbons (Fsp3) is 0. The highest BCUT2D eigenvalue weighted by Gasteiger charge is 2.02. The van der Waals surface area contributed by atoms with E-state index in [1.54, 1.807) is 12.1 Å². The summed E-state index contributed by atoms with van der Waals surface area (Å²) in [7, 11) is 0. The van der Waals surface area contributed by atoms with Gasteiger partial charge in [-0.3, -0.25) is 5.43 Å². The third-order valence-electron chi connectivity index (χ3n) is 2.62. The van der Waals surface area contributed by atoms with Crippen molar-refractivity contribution in [1.82, 2.24) is 4.98 Å². The van der Waals surface area contributed by atoms with Gasteiger partial charge in [0.15, 0.2) is 0 Å². The minimum Gasteiger partial charge on any atom is -0.253 e. The summed E-state index contributed by atoms with van der Waals surface area (Å²) < 4.78 is 15.4. The van der Waals surface area contributed by atoms with Gasteiger partial charge in [-0.15, -0.1) is 0 Å². The van der Waals surface area contributed by atoms with Crippen LogP contribution in [0.3, 0.4) is 0 Å². The molecule has 0 aliphatic heterocycles. The van der Waals surface area contributed by atoms with E-state index < -0.39 is 0 Å². The van der Waals surface area contributed by atoms with Crippen LogP contribution in [-0.4, -0.2) is 11.2 Å². The van der Waals surface area contributed by atoms with Gasteiger partial charge in [-0.1, -0.05) is 39.4 Å². The van der Waals surface area contributed by atoms with E-state index >= 15 is 0 Å². The Morgan fingerprint density at radius 1 is 1.25 bits per heavy atom. The number of thiazole rings is 1. The highest BCUT2D eigenvalue weighted by molar-refractivity contribution is 9.10. The SMILES string of the molecule is Fc1cc(Br)ccc1/C=N\Nc1nc2ccccc2s1. The molecule has 0 radical (unpaired) electrons. The van der Waals surface area contributed by atoms with E-state index in [9.17, 15) is 4.39 Å². The van der Waals surface area contributed by atoms with Gasteiger partial charge < -0.3 is 0 Å². The molecule has 0 aliphatic rings. The molecule has 20 heavy (non-hydrogen) atoms. The molecule has 0 aliphatic carbocycles. The molecule has 3 rings (SSSR count). The Kier molecular flexibility index (Phi) is 3.75. The van der Waals surface area contributed by atoms with Crippen molar-refractivity contribution < 1.29 is 4.39 Å². The number of nitrogens with zero attached hydrogens (tertiary/aromatic N) is 2. The van der Waals surface area contributed by atoms with Gasteiger partial charge in [-0.2, -0.15) is 5.10 Å². The standard InChI is InChI=1S/C14H9BrFN3S/c15-10-6-5-9(11(16)7-10)8-17-19-14-18-12-3-1-2-4-13(12)20-14/h1-8H,(H,18,19)/b17-8-. The zero-order valence-electron chi connectivity index (χ0n) is 10.2. The first-order valence-electron chi connectivity index (χ1n) is 5.82. The van der Waals surface area contributed by atoms with E-state index in [2.05, 4.69) is 31.4 Å². The first-order chi connectivity index (χ1) is 9.72. The fourth-order valence-corrected chi connectivity index (χ4v) is 2.83. The van der Waals surface area contributed by atoms with E-state index in [1.807, 2.05) is 24.3 Å². The van der Waals surface area contributed by atoms with Crippen molar-refractivity contribution in [3.63, 3.8) is 0 Å². The van der Waals surface area contributed by atoms with Crippen LogP contribution in [-0.2, 0) is 0 Å². The normalized spacial score (nSPS) is 11.3. The van der Waals surface area contributed by atoms with E-state index in [0.29, 0.717) is 15.2 Å². The van der Waals surface area contributed by atoms with E-state index in [4.69, 9.17) is 0 Å². The highest BCUT2D eigenvalue weighted by atomic mass is 79.9. The van der Waals surface area contributed by atoms with Gasteiger partial charge in [0.05, 0.1) is 16.4 Å². The molecule has 0 unspecified atom stereocenters. The van der Waals surface area contributed by atoms with Crippen LogP contribution < -0.4 is 5.43 Å². The molecule has 0 atom stereocenters. The minimum absolute atomic E-state index is 0.325. The molecular weight excluding hydrogens is 341 g/mol. The van der Waals surface area contributed by atoms with Gasteiger partial charge in [-0.25, -0.2) is 9.37 Å². The van der Waals surface area contributed by atoms with Gasteiger partial charge >= 0.3 is 0 Å². The molecule has 3 aromatic rings. The number of nitrogens with one attached hydrogen (secondary N) is 1. The molecule has 100 valence electrons. The van der Waals surface area contributed by atoms with Crippen molar-refractivity contribution in [3.05, 3.63) is 58.3 Å². The van der Waals surface area contributed by atoms with Crippen molar-refractivity contribution in [2.24, 2.45) is 5.10 Å². The largest absolute Gasteiger partial charge is 0.253 e. The van der Waals surface area contributed by atoms with Crippen molar-refractivity contribution in [1.29, 1.82) is 0 Å². The van der Waals surface area contributed by atoms with Crippen LogP contribution in [0.15, 0.2) is 52.0 Å². The molecule has 0 fully saturated rings. The second-order valence-electron chi connectivity index (χ2n) is 4.02. The molecule has 1 aromatic heterocycles. The summed E-state index contributed by atoms with van der Waals surface area (Å²) in [6.07, 6.45) is 1.44. The second kappa shape index (κ2) is 5.68. The lowest BCUT2D eigenvalue weighted by atomic mass is 10.2. The summed E-state index contributed by atoms with van der Waals surface area (Å²) in [5, 5.41) is 4.70. The Balaban J connectivity index is 1.76. The second-order valence-corrected chi connectivity index (χ2v) is 5.97. The predicted molar refractivity (Wildman–Crippen MR) is 84.9 cm³/mol. The number of hydrogen-bond acceptors (Lipinski definition) is 4. The smallest absolute Gasteiger partial charge is 0.204 e. The van der Waals surface area contributed by atoms with Crippen molar-refractivity contribution in [3.8, 4) is 0 Å². The van der Waals surface area contributed by atoms with Crippen LogP contribution in [0.5, 0.6) is 0 Å². The number of anilines is 1. The van der Waals surface area contributed by atoms with Crippen LogP contribution in [0, 0.1) is 5.82 Å².